The van der Waals surface area contributed by atoms with Crippen LogP contribution in [0, 0.1) is 0 Å². The van der Waals surface area contributed by atoms with E-state index in [0.29, 0.717) is 6.04 Å². The van der Waals surface area contributed by atoms with Gasteiger partial charge in [0.05, 0.1) is 0 Å². The van der Waals surface area contributed by atoms with E-state index in [-0.39, 0.29) is 0 Å². The Balaban J connectivity index is 1.51. The molecule has 92 valence electrons. The molecule has 2 heterocycles. The molecule has 0 spiro atoms. The Morgan fingerprint density at radius 1 is 1.35 bits per heavy atom. The third-order valence-corrected chi connectivity index (χ3v) is 4.37. The number of piperazine rings is 1. The predicted octanol–water partition coefficient (Wildman–Crippen LogP) is 1.30. The average molecular weight is 268 g/mol. The maximum atomic E-state index is 5.41. The summed E-state index contributed by atoms with van der Waals surface area (Å²) in [5.74, 6) is 0. The molecule has 0 unspecified atom stereocenters. The molecule has 0 radical (unpaired) electrons. The highest BCUT2D eigenvalue weighted by Gasteiger charge is 2.26. The average Bonchev–Trinajstić information content (AvgIpc) is 3.00. The Labute approximate surface area is 111 Å². The molecule has 4 nitrogen and oxygen atoms in total. The molecule has 6 heteroatoms. The number of aromatic nitrogens is 1. The Hall–Kier alpha value is -0.880. The number of thiocarbonyl (C=S) groups is 1. The number of nitrogens with one attached hydrogen (secondary N) is 1. The second kappa shape index (κ2) is 4.78. The third-order valence-electron chi connectivity index (χ3n) is 3.16. The monoisotopic (exact) mass is 268 g/mol. The summed E-state index contributed by atoms with van der Waals surface area (Å²) in [7, 11) is 0. The van der Waals surface area contributed by atoms with E-state index in [9.17, 15) is 0 Å². The lowest BCUT2D eigenvalue weighted by Crippen LogP contribution is -2.52. The van der Waals surface area contributed by atoms with Gasteiger partial charge in [0.15, 0.2) is 10.2 Å². The molecule has 0 aromatic carbocycles. The maximum absolute atomic E-state index is 5.41. The van der Waals surface area contributed by atoms with Crippen molar-refractivity contribution in [2.45, 2.75) is 18.9 Å². The topological polar surface area (TPSA) is 31.4 Å². The van der Waals surface area contributed by atoms with E-state index in [1.807, 2.05) is 11.6 Å². The van der Waals surface area contributed by atoms with Gasteiger partial charge in [0.1, 0.15) is 0 Å². The van der Waals surface area contributed by atoms with Crippen molar-refractivity contribution >= 4 is 33.8 Å². The second-order valence-corrected chi connectivity index (χ2v) is 5.77. The second-order valence-electron chi connectivity index (χ2n) is 4.51. The summed E-state index contributed by atoms with van der Waals surface area (Å²) >= 11 is 7.12. The van der Waals surface area contributed by atoms with Gasteiger partial charge in [-0.2, -0.15) is 0 Å². The van der Waals surface area contributed by atoms with Gasteiger partial charge >= 0.3 is 0 Å². The minimum Gasteiger partial charge on any atom is -0.360 e. The minimum atomic E-state index is 0.652. The Morgan fingerprint density at radius 2 is 2.12 bits per heavy atom. The van der Waals surface area contributed by atoms with Gasteiger partial charge in [0.25, 0.3) is 0 Å². The molecule has 2 fully saturated rings. The summed E-state index contributed by atoms with van der Waals surface area (Å²) in [5.41, 5.74) is 0. The highest BCUT2D eigenvalue weighted by atomic mass is 32.1. The summed E-state index contributed by atoms with van der Waals surface area (Å²) in [6.07, 6.45) is 4.42. The van der Waals surface area contributed by atoms with Crippen molar-refractivity contribution < 1.29 is 0 Å². The van der Waals surface area contributed by atoms with Gasteiger partial charge in [0.2, 0.25) is 0 Å². The van der Waals surface area contributed by atoms with Crippen LogP contribution in [0.5, 0.6) is 0 Å². The molecule has 17 heavy (non-hydrogen) atoms. The Morgan fingerprint density at radius 3 is 2.71 bits per heavy atom. The fraction of sp³-hybridized carbons (Fsp3) is 0.636. The van der Waals surface area contributed by atoms with Crippen molar-refractivity contribution in [1.82, 2.24) is 15.2 Å². The summed E-state index contributed by atoms with van der Waals surface area (Å²) in [4.78, 5) is 8.96. The summed E-state index contributed by atoms with van der Waals surface area (Å²) < 4.78 is 0. The molecule has 1 aromatic heterocycles. The lowest BCUT2D eigenvalue weighted by Gasteiger charge is -2.36. The Bertz CT molecular complexity index is 380. The van der Waals surface area contributed by atoms with E-state index in [4.69, 9.17) is 12.2 Å². The normalized spacial score (nSPS) is 20.5. The van der Waals surface area contributed by atoms with Crippen LogP contribution >= 0.6 is 23.6 Å². The first-order valence-corrected chi connectivity index (χ1v) is 7.31. The largest absolute Gasteiger partial charge is 0.360 e. The summed E-state index contributed by atoms with van der Waals surface area (Å²) in [6.45, 7) is 4.02. The van der Waals surface area contributed by atoms with Crippen molar-refractivity contribution in [2.75, 3.05) is 31.1 Å². The van der Waals surface area contributed by atoms with Crippen molar-refractivity contribution in [3.63, 3.8) is 0 Å². The zero-order chi connectivity index (χ0) is 11.7. The molecule has 0 amide bonds. The van der Waals surface area contributed by atoms with E-state index in [2.05, 4.69) is 20.1 Å². The molecule has 1 saturated heterocycles. The van der Waals surface area contributed by atoms with Gasteiger partial charge in [0, 0.05) is 43.8 Å². The van der Waals surface area contributed by atoms with Crippen LogP contribution in [0.1, 0.15) is 12.8 Å². The number of anilines is 1. The first-order valence-electron chi connectivity index (χ1n) is 6.03. The molecule has 2 aliphatic rings. The van der Waals surface area contributed by atoms with Crippen molar-refractivity contribution in [2.24, 2.45) is 0 Å². The third kappa shape index (κ3) is 2.69. The van der Waals surface area contributed by atoms with Gasteiger partial charge in [-0.25, -0.2) is 4.98 Å². The van der Waals surface area contributed by atoms with E-state index >= 15 is 0 Å². The number of nitrogens with zero attached hydrogens (tertiary/aromatic N) is 3. The molecule has 1 aromatic rings. The van der Waals surface area contributed by atoms with Crippen LogP contribution in [0.4, 0.5) is 5.13 Å². The fourth-order valence-corrected chi connectivity index (χ4v) is 3.01. The fourth-order valence-electron chi connectivity index (χ4n) is 1.97. The van der Waals surface area contributed by atoms with Gasteiger partial charge in [-0.15, -0.1) is 11.3 Å². The standard InChI is InChI=1S/C11H16N4S2/c16-10(13-9-1-2-9)14-4-6-15(7-5-14)11-12-3-8-17-11/h3,8-9H,1-2,4-7H2,(H,13,16). The van der Waals surface area contributed by atoms with Crippen LogP contribution in [-0.4, -0.2) is 47.2 Å². The first-order chi connectivity index (χ1) is 8.33. The lowest BCUT2D eigenvalue weighted by atomic mass is 10.3. The molecular formula is C11H16N4S2. The highest BCUT2D eigenvalue weighted by Crippen LogP contribution is 2.21. The summed E-state index contributed by atoms with van der Waals surface area (Å²) in [6, 6.07) is 0.652. The molecule has 1 aliphatic heterocycles. The summed E-state index contributed by atoms with van der Waals surface area (Å²) in [5, 5.41) is 7.49. The number of rotatable bonds is 2. The van der Waals surface area contributed by atoms with Gasteiger partial charge in [-0.05, 0) is 25.1 Å². The van der Waals surface area contributed by atoms with Gasteiger partial charge in [-0.1, -0.05) is 0 Å². The number of hydrogen-bond acceptors (Lipinski definition) is 4. The molecule has 1 N–H and O–H groups in total. The smallest absolute Gasteiger partial charge is 0.185 e. The van der Waals surface area contributed by atoms with E-state index in [0.717, 1.165) is 36.4 Å². The van der Waals surface area contributed by atoms with Crippen LogP contribution in [0.25, 0.3) is 0 Å². The van der Waals surface area contributed by atoms with Crippen molar-refractivity contribution in [1.29, 1.82) is 0 Å². The van der Waals surface area contributed by atoms with Crippen LogP contribution in [0.2, 0.25) is 0 Å². The van der Waals surface area contributed by atoms with Crippen LogP contribution in [0.3, 0.4) is 0 Å². The maximum Gasteiger partial charge on any atom is 0.185 e. The number of thiazole rings is 1. The van der Waals surface area contributed by atoms with Gasteiger partial charge in [-0.3, -0.25) is 0 Å². The van der Waals surface area contributed by atoms with Crippen LogP contribution in [0.15, 0.2) is 11.6 Å². The van der Waals surface area contributed by atoms with E-state index in [1.54, 1.807) is 11.3 Å². The number of hydrogen-bond donors (Lipinski definition) is 1. The zero-order valence-corrected chi connectivity index (χ0v) is 11.3. The molecule has 1 saturated carbocycles. The minimum absolute atomic E-state index is 0.652. The van der Waals surface area contributed by atoms with Crippen LogP contribution < -0.4 is 10.2 Å². The first kappa shape index (κ1) is 11.2. The molecule has 3 rings (SSSR count). The van der Waals surface area contributed by atoms with E-state index in [1.165, 1.54) is 12.8 Å². The molecule has 1 aliphatic carbocycles. The quantitative estimate of drug-likeness (QED) is 0.817. The highest BCUT2D eigenvalue weighted by molar-refractivity contribution is 7.80. The van der Waals surface area contributed by atoms with Crippen LogP contribution in [-0.2, 0) is 0 Å². The van der Waals surface area contributed by atoms with Gasteiger partial charge < -0.3 is 15.1 Å². The zero-order valence-electron chi connectivity index (χ0n) is 9.63. The molecule has 0 bridgehead atoms. The van der Waals surface area contributed by atoms with E-state index < -0.39 is 0 Å². The predicted molar refractivity (Wildman–Crippen MR) is 74.7 cm³/mol. The van der Waals surface area contributed by atoms with Crippen molar-refractivity contribution in [3.8, 4) is 0 Å². The molecular weight excluding hydrogens is 252 g/mol. The van der Waals surface area contributed by atoms with Crippen molar-refractivity contribution in [3.05, 3.63) is 11.6 Å². The SMILES string of the molecule is S=C(NC1CC1)N1CCN(c2nccs2)CC1. The lowest BCUT2D eigenvalue weighted by molar-refractivity contribution is 0.380. The molecule has 0 atom stereocenters. The Kier molecular flexibility index (Phi) is 3.15.